The van der Waals surface area contributed by atoms with Crippen molar-refractivity contribution < 1.29 is 24.2 Å². The van der Waals surface area contributed by atoms with Gasteiger partial charge in [0.15, 0.2) is 11.5 Å². The molecule has 3 aliphatic rings. The predicted octanol–water partition coefficient (Wildman–Crippen LogP) is 0.753. The summed E-state index contributed by atoms with van der Waals surface area (Å²) in [5.74, 6) is 0.948. The van der Waals surface area contributed by atoms with Crippen molar-refractivity contribution in [1.82, 2.24) is 14.7 Å². The third-order valence-electron chi connectivity index (χ3n) is 5.00. The number of carbonyl (C=O) groups excluding carboxylic acids is 2. The van der Waals surface area contributed by atoms with Crippen LogP contribution in [0.5, 0.6) is 11.5 Å². The van der Waals surface area contributed by atoms with Crippen LogP contribution in [0.15, 0.2) is 23.1 Å². The number of fused-ring (bicyclic) bond motifs is 1. The van der Waals surface area contributed by atoms with Crippen molar-refractivity contribution in [1.29, 1.82) is 0 Å². The molecule has 0 bridgehead atoms. The van der Waals surface area contributed by atoms with E-state index in [1.165, 1.54) is 16.7 Å². The Balaban J connectivity index is 1.39. The average Bonchev–Trinajstić information content (AvgIpc) is 3.28. The quantitative estimate of drug-likeness (QED) is 0.536. The molecule has 29 heavy (non-hydrogen) atoms. The second kappa shape index (κ2) is 8.70. The molecular formula is C19H21N3O5S2. The molecule has 0 aromatic heterocycles. The normalized spacial score (nSPS) is 20.8. The van der Waals surface area contributed by atoms with E-state index in [4.69, 9.17) is 26.8 Å². The van der Waals surface area contributed by atoms with Gasteiger partial charge in [-0.3, -0.25) is 19.4 Å². The Bertz CT molecular complexity index is 867. The summed E-state index contributed by atoms with van der Waals surface area (Å²) < 4.78 is 11.1. The van der Waals surface area contributed by atoms with Crippen LogP contribution >= 0.6 is 24.0 Å². The van der Waals surface area contributed by atoms with Gasteiger partial charge in [0.2, 0.25) is 12.7 Å². The van der Waals surface area contributed by atoms with Crippen LogP contribution in [-0.2, 0) is 9.59 Å². The summed E-state index contributed by atoms with van der Waals surface area (Å²) in [6.45, 7) is 3.47. The Morgan fingerprint density at radius 1 is 1.21 bits per heavy atom. The number of ether oxygens (including phenoxy) is 2. The lowest BCUT2D eigenvalue weighted by Crippen LogP contribution is -2.52. The Hall–Kier alpha value is -2.14. The summed E-state index contributed by atoms with van der Waals surface area (Å²) in [6, 6.07) is 5.46. The van der Waals surface area contributed by atoms with Crippen molar-refractivity contribution in [2.45, 2.75) is 0 Å². The first kappa shape index (κ1) is 20.1. The van der Waals surface area contributed by atoms with E-state index in [0.717, 1.165) is 5.56 Å². The van der Waals surface area contributed by atoms with Gasteiger partial charge in [0.05, 0.1) is 11.5 Å². The minimum absolute atomic E-state index is 0.0524. The molecule has 3 heterocycles. The SMILES string of the molecule is O=C(CN1C(=O)C(=Cc2ccc3c(c2)OCO3)SC1=S)N1CCN(CCO)CC1. The maximum Gasteiger partial charge on any atom is 0.266 e. The zero-order valence-electron chi connectivity index (χ0n) is 15.7. The van der Waals surface area contributed by atoms with Crippen LogP contribution in [-0.4, -0.2) is 88.6 Å². The van der Waals surface area contributed by atoms with Gasteiger partial charge in [-0.15, -0.1) is 0 Å². The first-order valence-corrected chi connectivity index (χ1v) is 10.5. The Labute approximate surface area is 178 Å². The molecule has 154 valence electrons. The zero-order chi connectivity index (χ0) is 20.4. The lowest BCUT2D eigenvalue weighted by atomic mass is 10.2. The molecule has 0 unspecified atom stereocenters. The topological polar surface area (TPSA) is 82.6 Å². The number of aliphatic hydroxyl groups excluding tert-OH is 1. The summed E-state index contributed by atoms with van der Waals surface area (Å²) in [7, 11) is 0. The molecular weight excluding hydrogens is 414 g/mol. The molecule has 0 aliphatic carbocycles. The van der Waals surface area contributed by atoms with Crippen LogP contribution < -0.4 is 9.47 Å². The first-order valence-electron chi connectivity index (χ1n) is 9.31. The highest BCUT2D eigenvalue weighted by Gasteiger charge is 2.35. The Morgan fingerprint density at radius 2 is 1.97 bits per heavy atom. The van der Waals surface area contributed by atoms with Gasteiger partial charge in [-0.1, -0.05) is 30.0 Å². The van der Waals surface area contributed by atoms with E-state index in [2.05, 4.69) is 4.90 Å². The molecule has 2 fully saturated rings. The number of thiocarbonyl (C=S) groups is 1. The molecule has 0 saturated carbocycles. The summed E-state index contributed by atoms with van der Waals surface area (Å²) in [5.41, 5.74) is 0.807. The lowest BCUT2D eigenvalue weighted by molar-refractivity contribution is -0.136. The number of aliphatic hydroxyl groups is 1. The maximum atomic E-state index is 12.8. The molecule has 8 nitrogen and oxygen atoms in total. The number of rotatable bonds is 5. The Kier molecular flexibility index (Phi) is 6.04. The molecule has 2 saturated heterocycles. The fourth-order valence-corrected chi connectivity index (χ4v) is 4.64. The van der Waals surface area contributed by atoms with E-state index in [1.54, 1.807) is 17.0 Å². The van der Waals surface area contributed by atoms with Crippen LogP contribution in [0.2, 0.25) is 0 Å². The van der Waals surface area contributed by atoms with Crippen molar-refractivity contribution in [3.05, 3.63) is 28.7 Å². The van der Waals surface area contributed by atoms with E-state index < -0.39 is 0 Å². The van der Waals surface area contributed by atoms with E-state index >= 15 is 0 Å². The number of thioether (sulfide) groups is 1. The molecule has 4 rings (SSSR count). The third-order valence-corrected chi connectivity index (χ3v) is 6.38. The maximum absolute atomic E-state index is 12.8. The average molecular weight is 436 g/mol. The summed E-state index contributed by atoms with van der Waals surface area (Å²) in [4.78, 5) is 31.1. The highest BCUT2D eigenvalue weighted by atomic mass is 32.2. The van der Waals surface area contributed by atoms with Gasteiger partial charge in [-0.05, 0) is 23.8 Å². The number of β-amino-alcohol motifs (C(OH)–C–C–N with tert-alkyl or cyclic N) is 1. The molecule has 2 amide bonds. The minimum atomic E-state index is -0.259. The molecule has 1 aromatic carbocycles. The van der Waals surface area contributed by atoms with Crippen LogP contribution in [0.1, 0.15) is 5.56 Å². The van der Waals surface area contributed by atoms with Gasteiger partial charge in [-0.25, -0.2) is 0 Å². The second-order valence-corrected chi connectivity index (χ2v) is 8.50. The summed E-state index contributed by atoms with van der Waals surface area (Å²) in [5, 5.41) is 9.02. The van der Waals surface area contributed by atoms with Crippen LogP contribution in [0, 0.1) is 0 Å². The second-order valence-electron chi connectivity index (χ2n) is 6.83. The monoisotopic (exact) mass is 435 g/mol. The summed E-state index contributed by atoms with van der Waals surface area (Å²) in [6.07, 6.45) is 1.75. The molecule has 0 atom stereocenters. The van der Waals surface area contributed by atoms with Crippen molar-refractivity contribution >= 4 is 46.2 Å². The molecule has 1 N–H and O–H groups in total. The number of hydrogen-bond acceptors (Lipinski definition) is 8. The van der Waals surface area contributed by atoms with Gasteiger partial charge < -0.3 is 19.5 Å². The van der Waals surface area contributed by atoms with Gasteiger partial charge in [0.25, 0.3) is 5.91 Å². The van der Waals surface area contributed by atoms with Crippen LogP contribution in [0.25, 0.3) is 6.08 Å². The lowest BCUT2D eigenvalue weighted by Gasteiger charge is -2.35. The zero-order valence-corrected chi connectivity index (χ0v) is 17.3. The van der Waals surface area contributed by atoms with Crippen LogP contribution in [0.3, 0.4) is 0 Å². The smallest absolute Gasteiger partial charge is 0.266 e. The number of carbonyl (C=O) groups is 2. The minimum Gasteiger partial charge on any atom is -0.454 e. The number of benzene rings is 1. The van der Waals surface area contributed by atoms with Crippen LogP contribution in [0.4, 0.5) is 0 Å². The van der Waals surface area contributed by atoms with Crippen molar-refractivity contribution in [3.63, 3.8) is 0 Å². The fourth-order valence-electron chi connectivity index (χ4n) is 3.39. The number of nitrogens with zero attached hydrogens (tertiary/aromatic N) is 3. The molecule has 0 spiro atoms. The van der Waals surface area contributed by atoms with Crippen molar-refractivity contribution in [3.8, 4) is 11.5 Å². The highest BCUT2D eigenvalue weighted by Crippen LogP contribution is 2.36. The standard InChI is InChI=1S/C19H21N3O5S2/c23-8-7-20-3-5-21(6-4-20)17(24)11-22-18(25)16(29-19(22)28)10-13-1-2-14-15(9-13)27-12-26-14/h1-2,9-10,23H,3-8,11-12H2. The molecule has 1 aromatic rings. The van der Waals surface area contributed by atoms with Crippen molar-refractivity contribution in [2.75, 3.05) is 52.7 Å². The number of hydrogen-bond donors (Lipinski definition) is 1. The Morgan fingerprint density at radius 3 is 2.72 bits per heavy atom. The fraction of sp³-hybridized carbons (Fsp3) is 0.421. The van der Waals surface area contributed by atoms with Gasteiger partial charge >= 0.3 is 0 Å². The van der Waals surface area contributed by atoms with Gasteiger partial charge in [-0.2, -0.15) is 0 Å². The van der Waals surface area contributed by atoms with E-state index in [1.807, 2.05) is 12.1 Å². The molecule has 0 radical (unpaired) electrons. The molecule has 3 aliphatic heterocycles. The highest BCUT2D eigenvalue weighted by molar-refractivity contribution is 8.26. The van der Waals surface area contributed by atoms with Gasteiger partial charge in [0.1, 0.15) is 10.9 Å². The van der Waals surface area contributed by atoms with Crippen molar-refractivity contribution in [2.24, 2.45) is 0 Å². The van der Waals surface area contributed by atoms with E-state index in [0.29, 0.717) is 53.4 Å². The van der Waals surface area contributed by atoms with E-state index in [-0.39, 0.29) is 31.8 Å². The number of amides is 2. The summed E-state index contributed by atoms with van der Waals surface area (Å²) >= 11 is 6.53. The largest absolute Gasteiger partial charge is 0.454 e. The predicted molar refractivity (Wildman–Crippen MR) is 113 cm³/mol. The van der Waals surface area contributed by atoms with Gasteiger partial charge in [0, 0.05) is 32.7 Å². The molecule has 10 heteroatoms. The third kappa shape index (κ3) is 4.40. The first-order chi connectivity index (χ1) is 14.0. The number of piperazine rings is 1. The van der Waals surface area contributed by atoms with E-state index in [9.17, 15) is 9.59 Å².